The molecule has 1 aromatic rings. The Kier molecular flexibility index (Phi) is 7.22. The maximum absolute atomic E-state index is 11.4. The first-order valence-corrected chi connectivity index (χ1v) is 9.80. The van der Waals surface area contributed by atoms with Crippen LogP contribution in [0.5, 0.6) is 6.01 Å². The number of allylic oxidation sites excluding steroid dienone is 2. The Hall–Kier alpha value is -3.87. The van der Waals surface area contributed by atoms with Gasteiger partial charge in [0, 0.05) is 43.5 Å². The molecule has 2 heterocycles. The van der Waals surface area contributed by atoms with Gasteiger partial charge in [0.05, 0.1) is 6.61 Å². The van der Waals surface area contributed by atoms with E-state index in [2.05, 4.69) is 26.4 Å². The van der Waals surface area contributed by atoms with E-state index in [1.54, 1.807) is 31.5 Å². The number of hydrogen-bond acceptors (Lipinski definition) is 6. The summed E-state index contributed by atoms with van der Waals surface area (Å²) in [5.41, 5.74) is 18.2. The van der Waals surface area contributed by atoms with Crippen molar-refractivity contribution in [1.82, 2.24) is 14.9 Å². The highest BCUT2D eigenvalue weighted by Crippen LogP contribution is 2.21. The van der Waals surface area contributed by atoms with Gasteiger partial charge < -0.3 is 25.8 Å². The number of ether oxygens (including phenoxy) is 2. The molecular weight excluding hydrogens is 400 g/mol. The number of aliphatic imine (C=N–C) groups is 1. The summed E-state index contributed by atoms with van der Waals surface area (Å²) in [6.45, 7) is 3.61. The first-order chi connectivity index (χ1) is 14.9. The van der Waals surface area contributed by atoms with Crippen LogP contribution in [0.1, 0.15) is 25.3 Å². The number of carbonyl (C=O) groups excluding carboxylic acids is 2. The third-order valence-electron chi connectivity index (χ3n) is 4.82. The normalized spacial score (nSPS) is 15.7. The zero-order valence-corrected chi connectivity index (χ0v) is 17.2. The topological polar surface area (TPSA) is 146 Å². The summed E-state index contributed by atoms with van der Waals surface area (Å²) in [7, 11) is 0. The number of nitrogens with zero attached hydrogens (tertiary/aromatic N) is 4. The number of amides is 2. The van der Waals surface area contributed by atoms with Gasteiger partial charge in [0.2, 0.25) is 5.91 Å². The van der Waals surface area contributed by atoms with Gasteiger partial charge in [-0.1, -0.05) is 11.5 Å². The summed E-state index contributed by atoms with van der Waals surface area (Å²) in [4.78, 5) is 36.4. The Morgan fingerprint density at radius 1 is 1.26 bits per heavy atom. The molecule has 1 fully saturated rings. The second kappa shape index (κ2) is 10.2. The number of hydrogen-bond donors (Lipinski definition) is 2. The Labute approximate surface area is 179 Å². The molecule has 0 spiro atoms. The minimum atomic E-state index is -0.869. The number of rotatable bonds is 6. The lowest BCUT2D eigenvalue weighted by atomic mass is 9.98. The maximum atomic E-state index is 11.4. The monoisotopic (exact) mass is 424 g/mol. The molecule has 162 valence electrons. The molecule has 2 aliphatic rings. The van der Waals surface area contributed by atoms with Gasteiger partial charge in [-0.3, -0.25) is 4.79 Å². The van der Waals surface area contributed by atoms with Crippen molar-refractivity contribution in [2.75, 3.05) is 26.3 Å². The van der Waals surface area contributed by atoms with Crippen molar-refractivity contribution in [2.24, 2.45) is 22.4 Å². The first-order valence-electron chi connectivity index (χ1n) is 9.80. The summed E-state index contributed by atoms with van der Waals surface area (Å²) in [5.74, 6) is 0.128. The number of piperidine rings is 1. The molecule has 1 aliphatic carbocycles. The van der Waals surface area contributed by atoms with Gasteiger partial charge in [0.1, 0.15) is 6.61 Å². The number of likely N-dealkylation sites (tertiary alicyclic amines) is 1. The van der Waals surface area contributed by atoms with E-state index in [4.69, 9.17) is 20.9 Å². The van der Waals surface area contributed by atoms with Crippen molar-refractivity contribution < 1.29 is 19.1 Å². The highest BCUT2D eigenvalue weighted by molar-refractivity contribution is 5.88. The molecule has 0 saturated carbocycles. The fourth-order valence-corrected chi connectivity index (χ4v) is 3.13. The molecule has 1 aromatic heterocycles. The number of guanidine groups is 1. The molecule has 1 aliphatic heterocycles. The van der Waals surface area contributed by atoms with Crippen LogP contribution in [-0.4, -0.2) is 59.1 Å². The van der Waals surface area contributed by atoms with Crippen LogP contribution in [0.4, 0.5) is 4.79 Å². The van der Waals surface area contributed by atoms with E-state index in [1.165, 1.54) is 0 Å². The molecule has 31 heavy (non-hydrogen) atoms. The summed E-state index contributed by atoms with van der Waals surface area (Å²) < 4.78 is 10.7. The lowest BCUT2D eigenvalue weighted by Crippen LogP contribution is -2.38. The maximum Gasteiger partial charge on any atom is 0.437 e. The average Bonchev–Trinajstić information content (AvgIpc) is 2.77. The second-order valence-electron chi connectivity index (χ2n) is 7.15. The number of carbonyl (C=O) groups is 2. The van der Waals surface area contributed by atoms with Gasteiger partial charge in [-0.25, -0.2) is 14.8 Å². The molecule has 0 bridgehead atoms. The molecule has 2 amide bonds. The van der Waals surface area contributed by atoms with Crippen molar-refractivity contribution in [3.63, 3.8) is 0 Å². The molecule has 1 saturated heterocycles. The van der Waals surface area contributed by atoms with E-state index >= 15 is 0 Å². The summed E-state index contributed by atoms with van der Waals surface area (Å²) >= 11 is 0. The van der Waals surface area contributed by atoms with Crippen LogP contribution in [0.2, 0.25) is 0 Å². The largest absolute Gasteiger partial charge is 0.463 e. The molecule has 10 heteroatoms. The fourth-order valence-electron chi connectivity index (χ4n) is 3.13. The predicted octanol–water partition coefficient (Wildman–Crippen LogP) is 1.16. The van der Waals surface area contributed by atoms with Crippen LogP contribution < -0.4 is 16.2 Å². The predicted molar refractivity (Wildman–Crippen MR) is 113 cm³/mol. The van der Waals surface area contributed by atoms with Crippen molar-refractivity contribution in [3.8, 4) is 6.01 Å². The molecule has 10 nitrogen and oxygen atoms in total. The SMILES string of the molecule is CC(=O)N1CCC(COc2ncc(C3=C=C=CC(COC(=O)N=C(N)N)=C3)cn2)CC1. The van der Waals surface area contributed by atoms with E-state index in [-0.39, 0.29) is 18.5 Å². The van der Waals surface area contributed by atoms with Gasteiger partial charge >= 0.3 is 12.1 Å². The number of nitrogens with two attached hydrogens (primary N) is 2. The Morgan fingerprint density at radius 3 is 2.61 bits per heavy atom. The fraction of sp³-hybridized carbons (Fsp3) is 0.381. The van der Waals surface area contributed by atoms with Crippen LogP contribution in [-0.2, 0) is 9.53 Å². The standard InChI is InChI=1S/C21H24N6O4/c1-14(28)27-7-5-15(6-8-27)12-30-20-24-10-18(11-25-20)17-4-2-3-16(9-17)13-31-21(29)26-19(22)23/h3,9-11,15H,5-8,12-13H2,1H3,(H4,22,23,26,29). The van der Waals surface area contributed by atoms with Crippen LogP contribution in [0.3, 0.4) is 0 Å². The molecule has 0 atom stereocenters. The zero-order chi connectivity index (χ0) is 22.2. The molecule has 4 N–H and O–H groups in total. The summed E-state index contributed by atoms with van der Waals surface area (Å²) in [5, 5.41) is 0. The summed E-state index contributed by atoms with van der Waals surface area (Å²) in [6, 6.07) is 0.295. The Balaban J connectivity index is 1.51. The third-order valence-corrected chi connectivity index (χ3v) is 4.82. The van der Waals surface area contributed by atoms with Gasteiger partial charge in [0.25, 0.3) is 0 Å². The first kappa shape index (κ1) is 21.8. The smallest absolute Gasteiger partial charge is 0.437 e. The summed E-state index contributed by atoms with van der Waals surface area (Å²) in [6.07, 6.45) is 7.63. The number of aromatic nitrogens is 2. The zero-order valence-electron chi connectivity index (χ0n) is 17.2. The molecule has 0 radical (unpaired) electrons. The van der Waals surface area contributed by atoms with Gasteiger partial charge in [-0.05, 0) is 36.5 Å². The van der Waals surface area contributed by atoms with E-state index in [0.29, 0.717) is 29.7 Å². The van der Waals surface area contributed by atoms with E-state index < -0.39 is 6.09 Å². The lowest BCUT2D eigenvalue weighted by Gasteiger charge is -2.30. The minimum Gasteiger partial charge on any atom is -0.463 e. The van der Waals surface area contributed by atoms with Crippen LogP contribution >= 0.6 is 0 Å². The average molecular weight is 424 g/mol. The Morgan fingerprint density at radius 2 is 1.97 bits per heavy atom. The second-order valence-corrected chi connectivity index (χ2v) is 7.15. The quantitative estimate of drug-likeness (QED) is 0.393. The van der Waals surface area contributed by atoms with E-state index in [1.807, 2.05) is 4.90 Å². The molecule has 3 rings (SSSR count). The van der Waals surface area contributed by atoms with Crippen molar-refractivity contribution in [3.05, 3.63) is 47.1 Å². The molecule has 0 aromatic carbocycles. The van der Waals surface area contributed by atoms with Crippen LogP contribution in [0, 0.1) is 5.92 Å². The van der Waals surface area contributed by atoms with Crippen molar-refractivity contribution in [1.29, 1.82) is 0 Å². The highest BCUT2D eigenvalue weighted by atomic mass is 16.5. The van der Waals surface area contributed by atoms with Crippen molar-refractivity contribution >= 4 is 23.5 Å². The van der Waals surface area contributed by atoms with Gasteiger partial charge in [-0.2, -0.15) is 0 Å². The minimum absolute atomic E-state index is 0.0156. The van der Waals surface area contributed by atoms with E-state index in [9.17, 15) is 9.59 Å². The van der Waals surface area contributed by atoms with Gasteiger partial charge in [0.15, 0.2) is 5.96 Å². The molecule has 0 unspecified atom stereocenters. The van der Waals surface area contributed by atoms with Crippen LogP contribution in [0.15, 0.2) is 46.6 Å². The van der Waals surface area contributed by atoms with E-state index in [0.717, 1.165) is 31.5 Å². The van der Waals surface area contributed by atoms with Gasteiger partial charge in [-0.15, -0.1) is 4.99 Å². The Bertz CT molecular complexity index is 989. The third kappa shape index (κ3) is 6.57. The van der Waals surface area contributed by atoms with Crippen LogP contribution in [0.25, 0.3) is 5.57 Å². The lowest BCUT2D eigenvalue weighted by molar-refractivity contribution is -0.130. The molecular formula is C21H24N6O4. The van der Waals surface area contributed by atoms with Crippen molar-refractivity contribution in [2.45, 2.75) is 19.8 Å². The highest BCUT2D eigenvalue weighted by Gasteiger charge is 2.21.